The molecule has 1 saturated heterocycles. The summed E-state index contributed by atoms with van der Waals surface area (Å²) in [6.07, 6.45) is 0.256. The molecule has 1 N–H and O–H groups in total. The summed E-state index contributed by atoms with van der Waals surface area (Å²) in [5.41, 5.74) is 2.71. The summed E-state index contributed by atoms with van der Waals surface area (Å²) in [4.78, 5) is 17.9. The number of hydrogen-bond donors (Lipinski definition) is 1. The van der Waals surface area contributed by atoms with Crippen molar-refractivity contribution < 1.29 is 27.4 Å². The van der Waals surface area contributed by atoms with Gasteiger partial charge in [-0.3, -0.25) is 9.69 Å². The minimum Gasteiger partial charge on any atom is -0.494 e. The highest BCUT2D eigenvalue weighted by atomic mass is 32.2. The molecule has 0 saturated carbocycles. The number of aryl methyl sites for hydroxylation is 1. The van der Waals surface area contributed by atoms with Gasteiger partial charge < -0.3 is 19.1 Å². The number of benzene rings is 3. The number of amides is 1. The van der Waals surface area contributed by atoms with Gasteiger partial charge in [0.05, 0.1) is 11.5 Å². The van der Waals surface area contributed by atoms with Crippen molar-refractivity contribution >= 4 is 15.9 Å². The van der Waals surface area contributed by atoms with Gasteiger partial charge in [-0.1, -0.05) is 36.4 Å². The van der Waals surface area contributed by atoms with Crippen LogP contribution in [0, 0.1) is 6.92 Å². The average Bonchev–Trinajstić information content (AvgIpc) is 3.42. The van der Waals surface area contributed by atoms with E-state index >= 15 is 0 Å². The molecule has 1 fully saturated rings. The summed E-state index contributed by atoms with van der Waals surface area (Å²) in [6, 6.07) is 19.2. The molecular formula is C30H35N3O6S. The summed E-state index contributed by atoms with van der Waals surface area (Å²) in [7, 11) is -3.96. The van der Waals surface area contributed by atoms with Crippen LogP contribution in [0.15, 0.2) is 71.6 Å². The lowest BCUT2D eigenvalue weighted by atomic mass is 10.1. The van der Waals surface area contributed by atoms with E-state index in [1.54, 1.807) is 24.0 Å². The van der Waals surface area contributed by atoms with Crippen LogP contribution >= 0.6 is 0 Å². The predicted octanol–water partition coefficient (Wildman–Crippen LogP) is 3.36. The number of fused-ring (bicyclic) bond motifs is 1. The monoisotopic (exact) mass is 565 g/mol. The number of nitrogens with one attached hydrogen (secondary N) is 1. The normalized spacial score (nSPS) is 16.1. The molecule has 1 amide bonds. The van der Waals surface area contributed by atoms with E-state index in [0.717, 1.165) is 29.2 Å². The fourth-order valence-corrected chi connectivity index (χ4v) is 6.31. The fraction of sp³-hybridized carbons (Fsp3) is 0.367. The fourth-order valence-electron chi connectivity index (χ4n) is 5.04. The molecule has 0 aromatic heterocycles. The summed E-state index contributed by atoms with van der Waals surface area (Å²) < 4.78 is 46.0. The van der Waals surface area contributed by atoms with Crippen molar-refractivity contribution in [3.05, 3.63) is 83.4 Å². The van der Waals surface area contributed by atoms with E-state index in [1.807, 2.05) is 55.5 Å². The number of sulfonamides is 1. The standard InChI is InChI=1S/C30H35N3O6S/c1-3-37-27-12-10-25(17-22(27)2)40(35,36)31-26(18-23-7-5-4-6-8-23)30(34)33-15-13-32(14-16-33)20-24-9-11-28-29(19-24)39-21-38-28/h4-12,17,19,26,31H,3,13-16,18,20-21H2,1-2H3/t26-/m1/s1. The lowest BCUT2D eigenvalue weighted by Gasteiger charge is -2.36. The smallest absolute Gasteiger partial charge is 0.241 e. The van der Waals surface area contributed by atoms with Crippen molar-refractivity contribution in [2.24, 2.45) is 0 Å². The van der Waals surface area contributed by atoms with Crippen LogP contribution in [0.25, 0.3) is 0 Å². The third-order valence-corrected chi connectivity index (χ3v) is 8.63. The van der Waals surface area contributed by atoms with Crippen LogP contribution < -0.4 is 18.9 Å². The van der Waals surface area contributed by atoms with Crippen molar-refractivity contribution in [1.29, 1.82) is 0 Å². The van der Waals surface area contributed by atoms with Gasteiger partial charge in [-0.2, -0.15) is 4.72 Å². The van der Waals surface area contributed by atoms with Gasteiger partial charge >= 0.3 is 0 Å². The first kappa shape index (κ1) is 27.9. The van der Waals surface area contributed by atoms with Gasteiger partial charge in [-0.05, 0) is 67.3 Å². The van der Waals surface area contributed by atoms with Gasteiger partial charge in [0.1, 0.15) is 11.8 Å². The maximum atomic E-state index is 13.7. The van der Waals surface area contributed by atoms with E-state index in [-0.39, 0.29) is 24.0 Å². The lowest BCUT2D eigenvalue weighted by Crippen LogP contribution is -2.55. The third kappa shape index (κ3) is 6.57. The van der Waals surface area contributed by atoms with Crippen LogP contribution in [-0.4, -0.2) is 69.7 Å². The van der Waals surface area contributed by atoms with E-state index in [9.17, 15) is 13.2 Å². The second-order valence-corrected chi connectivity index (χ2v) is 11.7. The number of carbonyl (C=O) groups is 1. The first-order valence-electron chi connectivity index (χ1n) is 13.5. The van der Waals surface area contributed by atoms with Gasteiger partial charge in [0, 0.05) is 32.7 Å². The molecule has 5 rings (SSSR count). The molecule has 3 aromatic carbocycles. The zero-order valence-corrected chi connectivity index (χ0v) is 23.7. The van der Waals surface area contributed by atoms with Crippen molar-refractivity contribution in [3.63, 3.8) is 0 Å². The summed E-state index contributed by atoms with van der Waals surface area (Å²) in [5, 5.41) is 0. The molecule has 212 valence electrons. The maximum absolute atomic E-state index is 13.7. The highest BCUT2D eigenvalue weighted by Gasteiger charge is 2.32. The predicted molar refractivity (Wildman–Crippen MR) is 151 cm³/mol. The average molecular weight is 566 g/mol. The summed E-state index contributed by atoms with van der Waals surface area (Å²) >= 11 is 0. The van der Waals surface area contributed by atoms with Gasteiger partial charge in [-0.25, -0.2) is 8.42 Å². The van der Waals surface area contributed by atoms with Crippen LogP contribution in [0.4, 0.5) is 0 Å². The Hall–Kier alpha value is -3.60. The minimum atomic E-state index is -3.96. The van der Waals surface area contributed by atoms with Crippen LogP contribution in [0.1, 0.15) is 23.6 Å². The van der Waals surface area contributed by atoms with E-state index < -0.39 is 16.1 Å². The van der Waals surface area contributed by atoms with Crippen molar-refractivity contribution in [2.45, 2.75) is 37.8 Å². The molecule has 10 heteroatoms. The maximum Gasteiger partial charge on any atom is 0.241 e. The number of rotatable bonds is 10. The topological polar surface area (TPSA) is 97.4 Å². The largest absolute Gasteiger partial charge is 0.494 e. The van der Waals surface area contributed by atoms with Gasteiger partial charge in [-0.15, -0.1) is 0 Å². The highest BCUT2D eigenvalue weighted by molar-refractivity contribution is 7.89. The van der Waals surface area contributed by atoms with Crippen molar-refractivity contribution in [1.82, 2.24) is 14.5 Å². The summed E-state index contributed by atoms with van der Waals surface area (Å²) in [6.45, 7) is 7.54. The Morgan fingerprint density at radius 1 is 0.950 bits per heavy atom. The van der Waals surface area contributed by atoms with E-state index in [2.05, 4.69) is 9.62 Å². The quantitative estimate of drug-likeness (QED) is 0.403. The molecule has 2 heterocycles. The minimum absolute atomic E-state index is 0.105. The number of hydrogen-bond acceptors (Lipinski definition) is 7. The van der Waals surface area contributed by atoms with Crippen LogP contribution in [0.3, 0.4) is 0 Å². The second kappa shape index (κ2) is 12.3. The number of ether oxygens (including phenoxy) is 3. The Morgan fingerprint density at radius 2 is 1.70 bits per heavy atom. The SMILES string of the molecule is CCOc1ccc(S(=O)(=O)N[C@H](Cc2ccccc2)C(=O)N2CCN(Cc3ccc4c(c3)OCO4)CC2)cc1C. The molecule has 1 atom stereocenters. The Morgan fingerprint density at radius 3 is 2.42 bits per heavy atom. The Labute approximate surface area is 235 Å². The number of carbonyl (C=O) groups excluding carboxylic acids is 1. The second-order valence-electron chi connectivity index (χ2n) is 10.0. The van der Waals surface area contributed by atoms with Gasteiger partial charge in [0.15, 0.2) is 11.5 Å². The van der Waals surface area contributed by atoms with E-state index in [1.165, 1.54) is 6.07 Å². The van der Waals surface area contributed by atoms with E-state index in [0.29, 0.717) is 44.1 Å². The Balaban J connectivity index is 1.27. The molecule has 0 unspecified atom stereocenters. The molecule has 0 spiro atoms. The van der Waals surface area contributed by atoms with Crippen LogP contribution in [0.5, 0.6) is 17.2 Å². The highest BCUT2D eigenvalue weighted by Crippen LogP contribution is 2.33. The third-order valence-electron chi connectivity index (χ3n) is 7.16. The molecule has 0 radical (unpaired) electrons. The Bertz CT molecular complexity index is 1440. The number of nitrogens with zero attached hydrogens (tertiary/aromatic N) is 2. The van der Waals surface area contributed by atoms with Crippen molar-refractivity contribution in [2.75, 3.05) is 39.6 Å². The van der Waals surface area contributed by atoms with Gasteiger partial charge in [0.2, 0.25) is 22.7 Å². The van der Waals surface area contributed by atoms with Crippen LogP contribution in [0.2, 0.25) is 0 Å². The number of piperazine rings is 1. The van der Waals surface area contributed by atoms with Gasteiger partial charge in [0.25, 0.3) is 0 Å². The molecule has 2 aliphatic rings. The summed E-state index contributed by atoms with van der Waals surface area (Å²) in [5.74, 6) is 1.92. The first-order valence-corrected chi connectivity index (χ1v) is 15.0. The van der Waals surface area contributed by atoms with Crippen LogP contribution in [-0.2, 0) is 27.8 Å². The first-order chi connectivity index (χ1) is 19.3. The lowest BCUT2D eigenvalue weighted by molar-refractivity contribution is -0.134. The molecule has 3 aromatic rings. The molecule has 0 aliphatic carbocycles. The molecular weight excluding hydrogens is 530 g/mol. The zero-order chi connectivity index (χ0) is 28.1. The molecule has 9 nitrogen and oxygen atoms in total. The Kier molecular flexibility index (Phi) is 8.58. The molecule has 40 heavy (non-hydrogen) atoms. The molecule has 0 bridgehead atoms. The zero-order valence-electron chi connectivity index (χ0n) is 22.8. The molecule has 2 aliphatic heterocycles. The van der Waals surface area contributed by atoms with Crippen molar-refractivity contribution in [3.8, 4) is 17.2 Å². The van der Waals surface area contributed by atoms with E-state index in [4.69, 9.17) is 14.2 Å².